The molecule has 0 aromatic carbocycles. The van der Waals surface area contributed by atoms with Crippen molar-refractivity contribution < 1.29 is 51.0 Å². The minimum atomic E-state index is -6.02. The van der Waals surface area contributed by atoms with Gasteiger partial charge in [0.15, 0.2) is 12.2 Å². The van der Waals surface area contributed by atoms with Crippen molar-refractivity contribution in [2.75, 3.05) is 12.3 Å². The van der Waals surface area contributed by atoms with E-state index in [1.165, 1.54) is 11.3 Å². The van der Waals surface area contributed by atoms with E-state index in [2.05, 4.69) is 23.1 Å². The third-order valence-electron chi connectivity index (χ3n) is 3.49. The number of nitrogens with zero attached hydrogens (tertiary/aromatic N) is 3. The maximum Gasteiger partial charge on any atom is 0.278 e. The number of nitrogens with two attached hydrogens (primary N) is 1. The summed E-state index contributed by atoms with van der Waals surface area (Å²) in [6.45, 7) is 3.34. The smallest absolute Gasteiger partial charge is 0.278 e. The van der Waals surface area contributed by atoms with Gasteiger partial charge < -0.3 is 52.8 Å². The maximum atomic E-state index is 11.5. The standard InChI is InChI=1S/C12H19N4O10P3S.3H3N/c1-8-11(30-7-16(8)6-10-5-14-9(2)15-12(10)13)3-4-24-28(20,21)26-29(22,23)25-27(17,18)19;;;/h5,7H,3-4,6H2,1-2H3,(H5-,13,14,15,17,18,19,20,21,22,23);3*1H3. The molecule has 0 radical (unpaired) electrons. The molecule has 0 fully saturated rings. The molecule has 0 aliphatic heterocycles. The summed E-state index contributed by atoms with van der Waals surface area (Å²) < 4.78 is 45.7. The van der Waals surface area contributed by atoms with Crippen LogP contribution in [-0.4, -0.2) is 16.6 Å². The highest BCUT2D eigenvalue weighted by Gasteiger charge is 2.23. The van der Waals surface area contributed by atoms with Crippen molar-refractivity contribution in [3.63, 3.8) is 0 Å². The van der Waals surface area contributed by atoms with Crippen molar-refractivity contribution in [3.05, 3.63) is 33.7 Å². The lowest BCUT2D eigenvalue weighted by Gasteiger charge is -2.37. The van der Waals surface area contributed by atoms with E-state index >= 15 is 0 Å². The summed E-state index contributed by atoms with van der Waals surface area (Å²) in [6, 6.07) is 0. The van der Waals surface area contributed by atoms with Gasteiger partial charge in [-0.25, -0.2) is 14.3 Å². The summed E-state index contributed by atoms with van der Waals surface area (Å²) in [5, 5.41) is 0. The summed E-state index contributed by atoms with van der Waals surface area (Å²) in [5.74, 6) is 0.867. The maximum absolute atomic E-state index is 11.5. The molecule has 0 aliphatic rings. The van der Waals surface area contributed by atoms with Gasteiger partial charge in [0.2, 0.25) is 5.51 Å². The Morgan fingerprint density at radius 1 is 1.06 bits per heavy atom. The Hall–Kier alpha value is -1.20. The first-order chi connectivity index (χ1) is 13.7. The number of aryl methyl sites for hydroxylation is 1. The van der Waals surface area contributed by atoms with Gasteiger partial charge in [0.05, 0.1) is 24.9 Å². The van der Waals surface area contributed by atoms with Gasteiger partial charge in [-0.1, -0.05) is 11.3 Å². The molecule has 14 N–H and O–H groups in total. The third kappa shape index (κ3) is 11.2. The largest absolute Gasteiger partial charge is 0.790 e. The van der Waals surface area contributed by atoms with Crippen LogP contribution in [0, 0.1) is 13.8 Å². The number of thiazole rings is 1. The molecule has 0 bridgehead atoms. The average molecular weight is 555 g/mol. The number of rotatable bonds is 10. The lowest BCUT2D eigenvalue weighted by molar-refractivity contribution is -0.689. The van der Waals surface area contributed by atoms with Crippen molar-refractivity contribution >= 4 is 40.6 Å². The minimum absolute atomic E-state index is 0. The zero-order valence-electron chi connectivity index (χ0n) is 18.5. The molecule has 33 heavy (non-hydrogen) atoms. The van der Waals surface area contributed by atoms with Crippen LogP contribution < -0.4 is 48.3 Å². The number of phosphoric acid groups is 3. The number of hydrogen-bond donors (Lipinski definition) is 4. The van der Waals surface area contributed by atoms with Gasteiger partial charge in [-0.2, -0.15) is 4.57 Å². The Morgan fingerprint density at radius 3 is 2.21 bits per heavy atom. The molecule has 2 heterocycles. The highest BCUT2D eigenvalue weighted by atomic mass is 32.1. The van der Waals surface area contributed by atoms with Crippen LogP contribution in [0.5, 0.6) is 0 Å². The summed E-state index contributed by atoms with van der Waals surface area (Å²) in [4.78, 5) is 52.1. The number of nitrogen functional groups attached to an aromatic ring is 1. The van der Waals surface area contributed by atoms with E-state index in [0.29, 0.717) is 28.6 Å². The van der Waals surface area contributed by atoms with Gasteiger partial charge in [-0.15, -0.1) is 0 Å². The number of quaternary nitrogens is 3. The molecule has 0 saturated carbocycles. The highest BCUT2D eigenvalue weighted by Crippen LogP contribution is 2.60. The van der Waals surface area contributed by atoms with Crippen molar-refractivity contribution in [2.24, 2.45) is 0 Å². The van der Waals surface area contributed by atoms with E-state index < -0.39 is 30.1 Å². The summed E-state index contributed by atoms with van der Waals surface area (Å²) in [7, 11) is -17.5. The second-order valence-corrected chi connectivity index (χ2v) is 11.0. The summed E-state index contributed by atoms with van der Waals surface area (Å²) >= 11 is 1.28. The van der Waals surface area contributed by atoms with Crippen molar-refractivity contribution in [1.82, 2.24) is 28.4 Å². The Kier molecular flexibility index (Phi) is 13.4. The first-order valence-corrected chi connectivity index (χ1v) is 13.2. The molecule has 0 amide bonds. The van der Waals surface area contributed by atoms with Gasteiger partial charge in [-0.05, 0) is 6.92 Å². The van der Waals surface area contributed by atoms with Crippen LogP contribution >= 0.6 is 34.8 Å². The van der Waals surface area contributed by atoms with Crippen LogP contribution in [0.4, 0.5) is 5.82 Å². The fraction of sp³-hybridized carbons (Fsp3) is 0.417. The molecule has 192 valence electrons. The first-order valence-electron chi connectivity index (χ1n) is 7.93. The van der Waals surface area contributed by atoms with E-state index in [1.54, 1.807) is 25.6 Å². The molecular formula is C12H28N7O10P3S. The predicted octanol–water partition coefficient (Wildman–Crippen LogP) is -0.441. The topological polar surface area (TPSA) is 336 Å². The Bertz CT molecular complexity index is 1060. The zero-order valence-corrected chi connectivity index (χ0v) is 22.0. The molecular weight excluding hydrogens is 527 g/mol. The third-order valence-corrected chi connectivity index (χ3v) is 8.34. The van der Waals surface area contributed by atoms with Gasteiger partial charge >= 0.3 is 0 Å². The van der Waals surface area contributed by atoms with Crippen molar-refractivity contribution in [3.8, 4) is 0 Å². The highest BCUT2D eigenvalue weighted by molar-refractivity contribution is 7.64. The number of anilines is 1. The molecule has 21 heteroatoms. The molecule has 2 unspecified atom stereocenters. The normalized spacial score (nSPS) is 14.7. The Balaban J connectivity index is 0. The average Bonchev–Trinajstić information content (AvgIpc) is 2.87. The minimum Gasteiger partial charge on any atom is -0.790 e. The molecule has 0 aliphatic carbocycles. The zero-order chi connectivity index (χ0) is 22.7. The molecule has 2 atom stereocenters. The number of phosphoric ester groups is 1. The van der Waals surface area contributed by atoms with Crippen LogP contribution in [-0.2, 0) is 39.8 Å². The lowest BCUT2D eigenvalue weighted by Crippen LogP contribution is -2.35. The Morgan fingerprint density at radius 2 is 1.67 bits per heavy atom. The van der Waals surface area contributed by atoms with E-state index in [-0.39, 0.29) is 24.9 Å². The number of hydrogen-bond acceptors (Lipinski definition) is 14. The van der Waals surface area contributed by atoms with E-state index in [1.807, 2.05) is 4.57 Å². The molecule has 2 aromatic heterocycles. The van der Waals surface area contributed by atoms with Gasteiger partial charge in [0.1, 0.15) is 11.6 Å². The fourth-order valence-corrected chi connectivity index (χ4v) is 6.03. The van der Waals surface area contributed by atoms with Crippen LogP contribution in [0.2, 0.25) is 0 Å². The second-order valence-electron chi connectivity index (χ2n) is 5.78. The van der Waals surface area contributed by atoms with Crippen LogP contribution in [0.25, 0.3) is 0 Å². The van der Waals surface area contributed by atoms with Crippen molar-refractivity contribution in [1.29, 1.82) is 0 Å². The monoisotopic (exact) mass is 555 g/mol. The van der Waals surface area contributed by atoms with Crippen molar-refractivity contribution in [2.45, 2.75) is 26.8 Å². The van der Waals surface area contributed by atoms with E-state index in [9.17, 15) is 33.3 Å². The Labute approximate surface area is 193 Å². The van der Waals surface area contributed by atoms with Crippen LogP contribution in [0.3, 0.4) is 0 Å². The summed E-state index contributed by atoms with van der Waals surface area (Å²) in [6.07, 6.45) is 1.66. The van der Waals surface area contributed by atoms with Gasteiger partial charge in [-0.3, -0.25) is 13.4 Å². The molecule has 0 saturated heterocycles. The van der Waals surface area contributed by atoms with Gasteiger partial charge in [0.25, 0.3) is 15.6 Å². The summed E-state index contributed by atoms with van der Waals surface area (Å²) in [5.41, 5.74) is 9.08. The molecule has 2 rings (SSSR count). The van der Waals surface area contributed by atoms with E-state index in [0.717, 1.165) is 5.69 Å². The van der Waals surface area contributed by atoms with Gasteiger partial charge in [0, 0.05) is 19.5 Å². The second kappa shape index (κ2) is 13.0. The predicted molar refractivity (Wildman–Crippen MR) is 112 cm³/mol. The fourth-order valence-electron chi connectivity index (χ4n) is 2.20. The van der Waals surface area contributed by atoms with E-state index in [4.69, 9.17) is 5.73 Å². The number of aromatic nitrogens is 3. The molecule has 0 spiro atoms. The lowest BCUT2D eigenvalue weighted by atomic mass is 10.2. The molecule has 17 nitrogen and oxygen atoms in total. The quantitative estimate of drug-likeness (QED) is 0.213. The van der Waals surface area contributed by atoms with Crippen LogP contribution in [0.1, 0.15) is 22.0 Å². The molecule has 2 aromatic rings. The first kappa shape index (κ1) is 34.0. The SMILES string of the molecule is Cc1ncc(C[n+]2csc(CCOP(=O)([O-])OP(=O)([O-])OP(=O)([O-])[O-])c2C)c(N)n1.[NH4+].[NH4+].[NH4+]. The van der Waals surface area contributed by atoms with Crippen LogP contribution in [0.15, 0.2) is 11.7 Å².